The van der Waals surface area contributed by atoms with Crippen molar-refractivity contribution in [2.75, 3.05) is 6.54 Å². The third-order valence-electron chi connectivity index (χ3n) is 6.12. The maximum Gasteiger partial charge on any atom is 0.248 e. The van der Waals surface area contributed by atoms with Crippen molar-refractivity contribution in [2.24, 2.45) is 5.92 Å². The van der Waals surface area contributed by atoms with Gasteiger partial charge in [-0.2, -0.15) is 0 Å². The number of hydrogen-bond donors (Lipinski definition) is 1. The molecule has 1 aliphatic rings. The summed E-state index contributed by atoms with van der Waals surface area (Å²) >= 11 is 0. The van der Waals surface area contributed by atoms with Gasteiger partial charge >= 0.3 is 0 Å². The number of halogens is 2. The normalized spacial score (nSPS) is 16.6. The molecule has 178 valence electrons. The van der Waals surface area contributed by atoms with Crippen LogP contribution in [0, 0.1) is 17.6 Å². The summed E-state index contributed by atoms with van der Waals surface area (Å²) in [7, 11) is 0. The highest BCUT2D eigenvalue weighted by Gasteiger charge is 2.39. The van der Waals surface area contributed by atoms with Gasteiger partial charge in [-0.25, -0.2) is 13.5 Å². The first-order valence-electron chi connectivity index (χ1n) is 11.3. The van der Waals surface area contributed by atoms with Crippen molar-refractivity contribution in [3.05, 3.63) is 72.1 Å². The summed E-state index contributed by atoms with van der Waals surface area (Å²) in [6, 6.07) is 9.37. The van der Waals surface area contributed by atoms with Crippen molar-refractivity contribution < 1.29 is 18.4 Å². The lowest BCUT2D eigenvalue weighted by molar-refractivity contribution is -0.142. The second kappa shape index (κ2) is 10.1. The molecule has 1 aromatic heterocycles. The molecule has 7 nitrogen and oxygen atoms in total. The second-order valence-corrected chi connectivity index (χ2v) is 8.77. The predicted molar refractivity (Wildman–Crippen MR) is 122 cm³/mol. The molecule has 4 rings (SSSR count). The predicted octanol–water partition coefficient (Wildman–Crippen LogP) is 3.73. The van der Waals surface area contributed by atoms with Gasteiger partial charge in [0.2, 0.25) is 11.8 Å². The summed E-state index contributed by atoms with van der Waals surface area (Å²) in [5.74, 6) is -1.64. The van der Waals surface area contributed by atoms with Gasteiger partial charge in [-0.05, 0) is 42.0 Å². The number of aromatic nitrogens is 3. The zero-order valence-electron chi connectivity index (χ0n) is 19.1. The molecule has 1 N–H and O–H groups in total. The van der Waals surface area contributed by atoms with Crippen molar-refractivity contribution in [1.29, 1.82) is 0 Å². The monoisotopic (exact) mass is 467 g/mol. The quantitative estimate of drug-likeness (QED) is 0.574. The van der Waals surface area contributed by atoms with Gasteiger partial charge in [0.25, 0.3) is 0 Å². The van der Waals surface area contributed by atoms with E-state index in [1.54, 1.807) is 40.0 Å². The van der Waals surface area contributed by atoms with E-state index in [-0.39, 0.29) is 29.8 Å². The first-order chi connectivity index (χ1) is 16.4. The Labute approximate surface area is 196 Å². The fraction of sp³-hybridized carbons (Fsp3) is 0.360. The standard InChI is InChI=1S/C25H27F2N5O2/c1-16(2)23(32-14-12-29-30-32)25(34)31-13-4-7-21(31)24(33)28-15-17-8-10-18(11-9-17)22-19(26)5-3-6-20(22)27/h3,5-6,8-12,14,16,21,23H,4,7,13,15H2,1-2H3,(H,28,33). The van der Waals surface area contributed by atoms with Crippen LogP contribution < -0.4 is 5.32 Å². The molecule has 0 bridgehead atoms. The van der Waals surface area contributed by atoms with Gasteiger partial charge in [0.1, 0.15) is 23.7 Å². The van der Waals surface area contributed by atoms with Crippen LogP contribution in [0.5, 0.6) is 0 Å². The van der Waals surface area contributed by atoms with Gasteiger partial charge < -0.3 is 10.2 Å². The number of benzene rings is 2. The van der Waals surface area contributed by atoms with Gasteiger partial charge in [0.15, 0.2) is 0 Å². The highest BCUT2D eigenvalue weighted by atomic mass is 19.1. The number of hydrogen-bond acceptors (Lipinski definition) is 4. The average molecular weight is 468 g/mol. The lowest BCUT2D eigenvalue weighted by Gasteiger charge is -2.29. The van der Waals surface area contributed by atoms with E-state index < -0.39 is 23.7 Å². The number of carbonyl (C=O) groups excluding carboxylic acids is 2. The van der Waals surface area contributed by atoms with Crippen molar-refractivity contribution in [3.8, 4) is 11.1 Å². The fourth-order valence-electron chi connectivity index (χ4n) is 4.41. The lowest BCUT2D eigenvalue weighted by atomic mass is 10.0. The van der Waals surface area contributed by atoms with Crippen LogP contribution in [0.25, 0.3) is 11.1 Å². The van der Waals surface area contributed by atoms with Gasteiger partial charge in [0, 0.05) is 19.3 Å². The van der Waals surface area contributed by atoms with E-state index in [1.807, 2.05) is 13.8 Å². The summed E-state index contributed by atoms with van der Waals surface area (Å²) in [5, 5.41) is 10.7. The molecular formula is C25H27F2N5O2. The number of amides is 2. The molecule has 1 fully saturated rings. The Morgan fingerprint density at radius 3 is 2.44 bits per heavy atom. The largest absolute Gasteiger partial charge is 0.350 e. The van der Waals surface area contributed by atoms with Crippen LogP contribution in [0.1, 0.15) is 38.3 Å². The molecule has 0 radical (unpaired) electrons. The maximum absolute atomic E-state index is 14.0. The Hall–Kier alpha value is -3.62. The van der Waals surface area contributed by atoms with Crippen LogP contribution in [0.15, 0.2) is 54.9 Å². The molecule has 2 amide bonds. The van der Waals surface area contributed by atoms with E-state index in [0.717, 1.165) is 12.0 Å². The Bertz CT molecular complexity index is 1130. The second-order valence-electron chi connectivity index (χ2n) is 8.77. The zero-order valence-corrected chi connectivity index (χ0v) is 19.1. The third kappa shape index (κ3) is 4.83. The summed E-state index contributed by atoms with van der Waals surface area (Å²) in [6.45, 7) is 4.63. The summed E-state index contributed by atoms with van der Waals surface area (Å²) in [5.41, 5.74) is 1.13. The Balaban J connectivity index is 1.41. The van der Waals surface area contributed by atoms with Gasteiger partial charge in [-0.1, -0.05) is 49.4 Å². The Kier molecular flexibility index (Phi) is 7.00. The van der Waals surface area contributed by atoms with Crippen molar-refractivity contribution in [3.63, 3.8) is 0 Å². The number of nitrogens with zero attached hydrogens (tertiary/aromatic N) is 4. The van der Waals surface area contributed by atoms with Crippen LogP contribution >= 0.6 is 0 Å². The molecule has 2 atom stereocenters. The molecule has 1 aliphatic heterocycles. The topological polar surface area (TPSA) is 80.1 Å². The number of nitrogens with one attached hydrogen (secondary N) is 1. The molecule has 0 spiro atoms. The molecular weight excluding hydrogens is 440 g/mol. The minimum absolute atomic E-state index is 0.0173. The minimum Gasteiger partial charge on any atom is -0.350 e. The molecule has 3 aromatic rings. The SMILES string of the molecule is CC(C)C(C(=O)N1CCCC1C(=O)NCc1ccc(-c2c(F)cccc2F)cc1)n1ccnn1. The average Bonchev–Trinajstić information content (AvgIpc) is 3.50. The molecule has 2 heterocycles. The molecule has 2 unspecified atom stereocenters. The number of rotatable bonds is 7. The summed E-state index contributed by atoms with van der Waals surface area (Å²) in [6.07, 6.45) is 4.52. The smallest absolute Gasteiger partial charge is 0.248 e. The first-order valence-corrected chi connectivity index (χ1v) is 11.3. The molecule has 2 aromatic carbocycles. The van der Waals surface area contributed by atoms with Gasteiger partial charge in [-0.3, -0.25) is 9.59 Å². The number of likely N-dealkylation sites (tertiary alicyclic amines) is 1. The van der Waals surface area contributed by atoms with Gasteiger partial charge in [0.05, 0.1) is 11.8 Å². The molecule has 0 saturated carbocycles. The molecule has 1 saturated heterocycles. The maximum atomic E-state index is 14.0. The molecule has 0 aliphatic carbocycles. The van der Waals surface area contributed by atoms with Crippen LogP contribution in [0.2, 0.25) is 0 Å². The van der Waals surface area contributed by atoms with E-state index in [1.165, 1.54) is 24.4 Å². The first kappa shape index (κ1) is 23.5. The molecule has 34 heavy (non-hydrogen) atoms. The van der Waals surface area contributed by atoms with Crippen LogP contribution in [0.3, 0.4) is 0 Å². The summed E-state index contributed by atoms with van der Waals surface area (Å²) < 4.78 is 29.6. The van der Waals surface area contributed by atoms with Gasteiger partial charge in [-0.15, -0.1) is 5.10 Å². The minimum atomic E-state index is -0.627. The number of carbonyl (C=O) groups is 2. The Morgan fingerprint density at radius 1 is 1.12 bits per heavy atom. The lowest BCUT2D eigenvalue weighted by Crippen LogP contribution is -2.48. The van der Waals surface area contributed by atoms with Crippen LogP contribution in [0.4, 0.5) is 8.78 Å². The van der Waals surface area contributed by atoms with E-state index in [2.05, 4.69) is 15.6 Å². The van der Waals surface area contributed by atoms with E-state index in [0.29, 0.717) is 18.5 Å². The fourth-order valence-corrected chi connectivity index (χ4v) is 4.41. The van der Waals surface area contributed by atoms with E-state index in [4.69, 9.17) is 0 Å². The van der Waals surface area contributed by atoms with Crippen molar-refractivity contribution >= 4 is 11.8 Å². The van der Waals surface area contributed by atoms with Crippen LogP contribution in [-0.2, 0) is 16.1 Å². The van der Waals surface area contributed by atoms with Crippen molar-refractivity contribution in [2.45, 2.75) is 45.3 Å². The zero-order chi connectivity index (χ0) is 24.2. The third-order valence-corrected chi connectivity index (χ3v) is 6.12. The van der Waals surface area contributed by atoms with Crippen molar-refractivity contribution in [1.82, 2.24) is 25.2 Å². The highest BCUT2D eigenvalue weighted by molar-refractivity contribution is 5.89. The van der Waals surface area contributed by atoms with Crippen LogP contribution in [-0.4, -0.2) is 44.3 Å². The summed E-state index contributed by atoms with van der Waals surface area (Å²) in [4.78, 5) is 27.9. The molecule has 9 heteroatoms. The van der Waals surface area contributed by atoms with E-state index in [9.17, 15) is 18.4 Å². The Morgan fingerprint density at radius 2 is 1.82 bits per heavy atom. The van der Waals surface area contributed by atoms with E-state index >= 15 is 0 Å². The highest BCUT2D eigenvalue weighted by Crippen LogP contribution is 2.27.